The molecule has 0 bridgehead atoms. The molecule has 1 fully saturated rings. The number of hydrogen-bond acceptors (Lipinski definition) is 2. The van der Waals surface area contributed by atoms with E-state index < -0.39 is 0 Å². The summed E-state index contributed by atoms with van der Waals surface area (Å²) in [6.45, 7) is 6.46. The minimum atomic E-state index is 0.0516. The third-order valence-corrected chi connectivity index (χ3v) is 2.47. The predicted molar refractivity (Wildman–Crippen MR) is 43.9 cm³/mol. The highest BCUT2D eigenvalue weighted by Crippen LogP contribution is 2.22. The van der Waals surface area contributed by atoms with Crippen LogP contribution in [0.25, 0.3) is 0 Å². The summed E-state index contributed by atoms with van der Waals surface area (Å²) in [7, 11) is 0. The second-order valence-corrected chi connectivity index (χ2v) is 3.62. The molecular formula is C8H18N2. The van der Waals surface area contributed by atoms with Crippen LogP contribution in [0.5, 0.6) is 0 Å². The van der Waals surface area contributed by atoms with Crippen molar-refractivity contribution in [3.8, 4) is 0 Å². The lowest BCUT2D eigenvalue weighted by molar-refractivity contribution is 0.352. The zero-order valence-electron chi connectivity index (χ0n) is 6.98. The van der Waals surface area contributed by atoms with E-state index in [9.17, 15) is 0 Å². The highest BCUT2D eigenvalue weighted by Gasteiger charge is 2.33. The maximum absolute atomic E-state index is 6.05. The summed E-state index contributed by atoms with van der Waals surface area (Å²) in [5.41, 5.74) is 6.10. The van der Waals surface area contributed by atoms with Crippen molar-refractivity contribution in [3.05, 3.63) is 0 Å². The maximum Gasteiger partial charge on any atom is 0.0292 e. The molecule has 0 spiro atoms. The van der Waals surface area contributed by atoms with Gasteiger partial charge in [-0.05, 0) is 25.8 Å². The first-order valence-corrected chi connectivity index (χ1v) is 4.16. The van der Waals surface area contributed by atoms with E-state index in [1.165, 1.54) is 12.8 Å². The summed E-state index contributed by atoms with van der Waals surface area (Å²) in [5, 5.41) is 3.32. The molecule has 2 unspecified atom stereocenters. The van der Waals surface area contributed by atoms with Crippen molar-refractivity contribution >= 4 is 0 Å². The standard InChI is InChI=1S/C8H18N2/c1-3-4-7-5-10-6-8(7,2)9/h7,10H,3-6,9H2,1-2H3. The van der Waals surface area contributed by atoms with Gasteiger partial charge in [0, 0.05) is 12.1 Å². The first-order valence-electron chi connectivity index (χ1n) is 4.16. The molecule has 2 atom stereocenters. The predicted octanol–water partition coefficient (Wildman–Crippen LogP) is 0.723. The molecule has 0 aliphatic carbocycles. The Kier molecular flexibility index (Phi) is 2.32. The van der Waals surface area contributed by atoms with Crippen LogP contribution in [-0.4, -0.2) is 18.6 Å². The van der Waals surface area contributed by atoms with Gasteiger partial charge in [-0.1, -0.05) is 13.3 Å². The fourth-order valence-corrected chi connectivity index (χ4v) is 1.67. The Bertz CT molecular complexity index is 110. The van der Waals surface area contributed by atoms with Gasteiger partial charge in [-0.15, -0.1) is 0 Å². The van der Waals surface area contributed by atoms with Crippen molar-refractivity contribution in [1.82, 2.24) is 5.32 Å². The maximum atomic E-state index is 6.05. The van der Waals surface area contributed by atoms with Gasteiger partial charge in [0.15, 0.2) is 0 Å². The smallest absolute Gasteiger partial charge is 0.0292 e. The molecule has 10 heavy (non-hydrogen) atoms. The van der Waals surface area contributed by atoms with Crippen molar-refractivity contribution < 1.29 is 0 Å². The van der Waals surface area contributed by atoms with Crippen LogP contribution in [-0.2, 0) is 0 Å². The van der Waals surface area contributed by atoms with Crippen LogP contribution < -0.4 is 11.1 Å². The van der Waals surface area contributed by atoms with E-state index in [0.29, 0.717) is 5.92 Å². The molecule has 0 amide bonds. The van der Waals surface area contributed by atoms with E-state index in [1.54, 1.807) is 0 Å². The Morgan fingerprint density at radius 1 is 1.70 bits per heavy atom. The summed E-state index contributed by atoms with van der Waals surface area (Å²) in [5.74, 6) is 0.692. The van der Waals surface area contributed by atoms with Crippen LogP contribution in [0.4, 0.5) is 0 Å². The molecular weight excluding hydrogens is 124 g/mol. The third kappa shape index (κ3) is 1.50. The lowest BCUT2D eigenvalue weighted by Gasteiger charge is -2.24. The van der Waals surface area contributed by atoms with E-state index >= 15 is 0 Å². The Labute approximate surface area is 63.2 Å². The second-order valence-electron chi connectivity index (χ2n) is 3.62. The second kappa shape index (κ2) is 2.89. The summed E-state index contributed by atoms with van der Waals surface area (Å²) in [4.78, 5) is 0. The van der Waals surface area contributed by atoms with Gasteiger partial charge in [-0.25, -0.2) is 0 Å². The van der Waals surface area contributed by atoms with Crippen molar-refractivity contribution in [2.45, 2.75) is 32.2 Å². The molecule has 1 heterocycles. The fourth-order valence-electron chi connectivity index (χ4n) is 1.67. The largest absolute Gasteiger partial charge is 0.324 e. The van der Waals surface area contributed by atoms with Gasteiger partial charge in [0.1, 0.15) is 0 Å². The lowest BCUT2D eigenvalue weighted by atomic mass is 9.87. The molecule has 0 aromatic rings. The summed E-state index contributed by atoms with van der Waals surface area (Å²) in [6.07, 6.45) is 2.51. The molecule has 1 aliphatic rings. The first kappa shape index (κ1) is 8.02. The Balaban J connectivity index is 2.43. The van der Waals surface area contributed by atoms with Crippen molar-refractivity contribution in [2.24, 2.45) is 11.7 Å². The summed E-state index contributed by atoms with van der Waals surface area (Å²) in [6, 6.07) is 0. The fraction of sp³-hybridized carbons (Fsp3) is 1.00. The van der Waals surface area contributed by atoms with Crippen LogP contribution >= 0.6 is 0 Å². The number of rotatable bonds is 2. The molecule has 60 valence electrons. The average molecular weight is 142 g/mol. The van der Waals surface area contributed by atoms with Crippen molar-refractivity contribution in [2.75, 3.05) is 13.1 Å². The lowest BCUT2D eigenvalue weighted by Crippen LogP contribution is -2.44. The zero-order chi connectivity index (χ0) is 7.61. The van der Waals surface area contributed by atoms with Crippen LogP contribution in [0.15, 0.2) is 0 Å². The summed E-state index contributed by atoms with van der Waals surface area (Å²) < 4.78 is 0. The summed E-state index contributed by atoms with van der Waals surface area (Å²) >= 11 is 0. The van der Waals surface area contributed by atoms with Gasteiger partial charge >= 0.3 is 0 Å². The third-order valence-electron chi connectivity index (χ3n) is 2.47. The minimum Gasteiger partial charge on any atom is -0.324 e. The Morgan fingerprint density at radius 3 is 2.80 bits per heavy atom. The molecule has 2 nitrogen and oxygen atoms in total. The molecule has 0 saturated carbocycles. The molecule has 0 aromatic heterocycles. The van der Waals surface area contributed by atoms with Gasteiger partial charge < -0.3 is 11.1 Å². The molecule has 2 heteroatoms. The number of hydrogen-bond donors (Lipinski definition) is 2. The van der Waals surface area contributed by atoms with Gasteiger partial charge in [0.05, 0.1) is 0 Å². The van der Waals surface area contributed by atoms with E-state index in [-0.39, 0.29) is 5.54 Å². The van der Waals surface area contributed by atoms with Gasteiger partial charge in [0.25, 0.3) is 0 Å². The van der Waals surface area contributed by atoms with E-state index in [4.69, 9.17) is 5.73 Å². The molecule has 1 aliphatic heterocycles. The highest BCUT2D eigenvalue weighted by molar-refractivity contribution is 4.95. The quantitative estimate of drug-likeness (QED) is 0.596. The molecule has 3 N–H and O–H groups in total. The van der Waals surface area contributed by atoms with Gasteiger partial charge in [-0.2, -0.15) is 0 Å². The van der Waals surface area contributed by atoms with Crippen LogP contribution in [0.1, 0.15) is 26.7 Å². The van der Waals surface area contributed by atoms with E-state index in [1.807, 2.05) is 0 Å². The van der Waals surface area contributed by atoms with E-state index in [2.05, 4.69) is 19.2 Å². The van der Waals surface area contributed by atoms with Crippen LogP contribution in [0.3, 0.4) is 0 Å². The Hall–Kier alpha value is -0.0800. The van der Waals surface area contributed by atoms with Crippen LogP contribution in [0.2, 0.25) is 0 Å². The first-order chi connectivity index (χ1) is 4.67. The SMILES string of the molecule is CCCC1CNCC1(C)N. The van der Waals surface area contributed by atoms with Crippen LogP contribution in [0, 0.1) is 5.92 Å². The highest BCUT2D eigenvalue weighted by atomic mass is 15.0. The normalized spacial score (nSPS) is 40.5. The monoisotopic (exact) mass is 142 g/mol. The number of nitrogens with one attached hydrogen (secondary N) is 1. The average Bonchev–Trinajstić information content (AvgIpc) is 2.13. The Morgan fingerprint density at radius 2 is 2.40 bits per heavy atom. The molecule has 0 radical (unpaired) electrons. The molecule has 0 aromatic carbocycles. The van der Waals surface area contributed by atoms with Gasteiger partial charge in [0.2, 0.25) is 0 Å². The van der Waals surface area contributed by atoms with E-state index in [0.717, 1.165) is 13.1 Å². The number of nitrogens with two attached hydrogens (primary N) is 1. The van der Waals surface area contributed by atoms with Crippen molar-refractivity contribution in [3.63, 3.8) is 0 Å². The molecule has 1 saturated heterocycles. The topological polar surface area (TPSA) is 38.0 Å². The molecule has 1 rings (SSSR count). The van der Waals surface area contributed by atoms with Gasteiger partial charge in [-0.3, -0.25) is 0 Å². The minimum absolute atomic E-state index is 0.0516. The van der Waals surface area contributed by atoms with Crippen molar-refractivity contribution in [1.29, 1.82) is 0 Å². The zero-order valence-corrected chi connectivity index (χ0v) is 6.98.